The lowest BCUT2D eigenvalue weighted by atomic mass is 9.79. The van der Waals surface area contributed by atoms with Crippen molar-refractivity contribution in [3.8, 4) is 11.8 Å². The van der Waals surface area contributed by atoms with Crippen LogP contribution in [0.4, 0.5) is 4.39 Å². The van der Waals surface area contributed by atoms with Gasteiger partial charge < -0.3 is 25.6 Å². The SMILES string of the molecule is CCOc1ccc(Cl)cc1C1CNC(CC(C)(C)C)C1C#N.Fc1cccc(Cl)c1.O=CNCCC(O)CO. The van der Waals surface area contributed by atoms with Gasteiger partial charge in [-0.15, -0.1) is 0 Å². The number of halogens is 3. The molecule has 7 nitrogen and oxygen atoms in total. The van der Waals surface area contributed by atoms with Crippen molar-refractivity contribution in [1.29, 1.82) is 5.26 Å². The number of rotatable bonds is 9. The van der Waals surface area contributed by atoms with Crippen LogP contribution in [0.2, 0.25) is 10.0 Å². The molecule has 0 aromatic heterocycles. The Morgan fingerprint density at radius 1 is 1.26 bits per heavy atom. The number of aliphatic hydroxyl groups excluding tert-OH is 2. The first kappa shape index (κ1) is 34.6. The number of nitrogens with zero attached hydrogens (tertiary/aromatic N) is 1. The number of carbonyl (C=O) groups is 1. The second-order valence-electron chi connectivity index (χ2n) is 10.3. The van der Waals surface area contributed by atoms with Gasteiger partial charge in [-0.3, -0.25) is 4.79 Å². The van der Waals surface area contributed by atoms with E-state index in [9.17, 15) is 14.4 Å². The van der Waals surface area contributed by atoms with Crippen molar-refractivity contribution in [2.24, 2.45) is 11.3 Å². The predicted molar refractivity (Wildman–Crippen MR) is 154 cm³/mol. The Labute approximate surface area is 241 Å². The van der Waals surface area contributed by atoms with Crippen LogP contribution in [0, 0.1) is 28.5 Å². The van der Waals surface area contributed by atoms with Crippen molar-refractivity contribution in [3.05, 3.63) is 63.9 Å². The molecule has 0 spiro atoms. The molecule has 1 fully saturated rings. The average Bonchev–Trinajstić information content (AvgIpc) is 3.26. The van der Waals surface area contributed by atoms with Gasteiger partial charge in [0.25, 0.3) is 0 Å². The molecule has 2 aromatic rings. The summed E-state index contributed by atoms with van der Waals surface area (Å²) in [6.45, 7) is 10.2. The molecule has 39 heavy (non-hydrogen) atoms. The van der Waals surface area contributed by atoms with E-state index in [-0.39, 0.29) is 35.7 Å². The maximum absolute atomic E-state index is 12.1. The second kappa shape index (κ2) is 18.0. The van der Waals surface area contributed by atoms with Crippen LogP contribution in [-0.2, 0) is 4.79 Å². The van der Waals surface area contributed by atoms with Gasteiger partial charge in [0.2, 0.25) is 6.41 Å². The van der Waals surface area contributed by atoms with E-state index in [0.29, 0.717) is 36.0 Å². The van der Waals surface area contributed by atoms with Crippen molar-refractivity contribution in [3.63, 3.8) is 0 Å². The molecule has 1 aliphatic heterocycles. The zero-order chi connectivity index (χ0) is 29.4. The zero-order valence-corrected chi connectivity index (χ0v) is 24.5. The molecule has 1 aliphatic rings. The van der Waals surface area contributed by atoms with E-state index in [1.54, 1.807) is 12.1 Å². The molecule has 1 heterocycles. The van der Waals surface area contributed by atoms with Gasteiger partial charge in [0.05, 0.1) is 31.3 Å². The number of hydrogen-bond donors (Lipinski definition) is 4. The lowest BCUT2D eigenvalue weighted by Gasteiger charge is -2.26. The molecule has 1 saturated heterocycles. The third-order valence-corrected chi connectivity index (χ3v) is 6.29. The summed E-state index contributed by atoms with van der Waals surface area (Å²) >= 11 is 11.6. The summed E-state index contributed by atoms with van der Waals surface area (Å²) in [7, 11) is 0. The van der Waals surface area contributed by atoms with Crippen LogP contribution in [0.25, 0.3) is 0 Å². The first-order valence-electron chi connectivity index (χ1n) is 12.9. The minimum atomic E-state index is -0.711. The fourth-order valence-electron chi connectivity index (χ4n) is 4.11. The summed E-state index contributed by atoms with van der Waals surface area (Å²) in [6, 6.07) is 14.2. The van der Waals surface area contributed by atoms with Gasteiger partial charge in [0.15, 0.2) is 0 Å². The van der Waals surface area contributed by atoms with Crippen molar-refractivity contribution in [2.45, 2.75) is 58.6 Å². The number of amides is 1. The Morgan fingerprint density at radius 2 is 1.95 bits per heavy atom. The Balaban J connectivity index is 0.000000366. The molecule has 3 rings (SSSR count). The van der Waals surface area contributed by atoms with E-state index in [1.165, 1.54) is 12.1 Å². The topological polar surface area (TPSA) is 115 Å². The number of nitrogens with one attached hydrogen (secondary N) is 2. The first-order valence-corrected chi connectivity index (χ1v) is 13.6. The standard InChI is InChI=1S/C18H25ClN2O.C6H4ClF.C5H11NO3/c1-5-22-17-7-6-12(19)8-13(17)15-11-21-16(14(15)10-20)9-18(2,3)4;7-5-2-1-3-6(8)4-5;7-3-5(9)1-2-6-4-8/h6-8,14-16,21H,5,9,11H2,1-4H3;1-4H;4-5,7,9H,1-3H2,(H,6,8). The molecule has 216 valence electrons. The maximum atomic E-state index is 12.1. The van der Waals surface area contributed by atoms with Gasteiger partial charge in [0, 0.05) is 40.7 Å². The van der Waals surface area contributed by atoms with Crippen LogP contribution in [0.3, 0.4) is 0 Å². The molecule has 4 unspecified atom stereocenters. The lowest BCUT2D eigenvalue weighted by Crippen LogP contribution is -2.31. The molecule has 4 N–H and O–H groups in total. The molecule has 10 heteroatoms. The van der Waals surface area contributed by atoms with Crippen molar-refractivity contribution in [1.82, 2.24) is 10.6 Å². The molecule has 0 aliphatic carbocycles. The molecular weight excluding hydrogens is 544 g/mol. The number of hydrogen-bond acceptors (Lipinski definition) is 6. The molecule has 0 radical (unpaired) electrons. The van der Waals surface area contributed by atoms with Crippen LogP contribution in [0.15, 0.2) is 42.5 Å². The number of aliphatic hydroxyl groups is 2. The third kappa shape index (κ3) is 13.5. The highest BCUT2D eigenvalue weighted by Crippen LogP contribution is 2.40. The molecule has 0 bridgehead atoms. The van der Waals surface area contributed by atoms with Gasteiger partial charge in [-0.25, -0.2) is 4.39 Å². The fourth-order valence-corrected chi connectivity index (χ4v) is 4.47. The average molecular weight is 585 g/mol. The van der Waals surface area contributed by atoms with E-state index in [1.807, 2.05) is 25.1 Å². The highest BCUT2D eigenvalue weighted by atomic mass is 35.5. The number of ether oxygens (including phenoxy) is 1. The maximum Gasteiger partial charge on any atom is 0.207 e. The zero-order valence-electron chi connectivity index (χ0n) is 23.0. The predicted octanol–water partition coefficient (Wildman–Crippen LogP) is 5.32. The van der Waals surface area contributed by atoms with Crippen LogP contribution in [0.5, 0.6) is 5.75 Å². The quantitative estimate of drug-likeness (QED) is 0.234. The largest absolute Gasteiger partial charge is 0.494 e. The molecule has 0 saturated carbocycles. The fraction of sp³-hybridized carbons (Fsp3) is 0.517. The number of carbonyl (C=O) groups excluding carboxylic acids is 1. The summed E-state index contributed by atoms with van der Waals surface area (Å²) in [5, 5.41) is 33.7. The normalized spacial score (nSPS) is 18.9. The number of benzene rings is 2. The Kier molecular flexibility index (Phi) is 16.0. The van der Waals surface area contributed by atoms with Crippen LogP contribution in [-0.4, -0.2) is 55.1 Å². The first-order chi connectivity index (χ1) is 18.4. The van der Waals surface area contributed by atoms with E-state index in [0.717, 1.165) is 24.3 Å². The van der Waals surface area contributed by atoms with E-state index in [2.05, 4.69) is 37.5 Å². The van der Waals surface area contributed by atoms with Crippen molar-refractivity contribution >= 4 is 29.6 Å². The van der Waals surface area contributed by atoms with Gasteiger partial charge in [-0.2, -0.15) is 5.26 Å². The summed E-state index contributed by atoms with van der Waals surface area (Å²) in [4.78, 5) is 9.62. The van der Waals surface area contributed by atoms with Crippen LogP contribution in [0.1, 0.15) is 52.0 Å². The molecule has 4 atom stereocenters. The van der Waals surface area contributed by atoms with Crippen LogP contribution < -0.4 is 15.4 Å². The van der Waals surface area contributed by atoms with Gasteiger partial charge in [0.1, 0.15) is 11.6 Å². The van der Waals surface area contributed by atoms with Crippen molar-refractivity contribution < 1.29 is 24.1 Å². The summed E-state index contributed by atoms with van der Waals surface area (Å²) in [6.07, 6.45) is 1.23. The smallest absolute Gasteiger partial charge is 0.207 e. The summed E-state index contributed by atoms with van der Waals surface area (Å²) < 4.78 is 17.8. The monoisotopic (exact) mass is 583 g/mol. The third-order valence-electron chi connectivity index (χ3n) is 5.82. The second-order valence-corrected chi connectivity index (χ2v) is 11.2. The van der Waals surface area contributed by atoms with E-state index in [4.69, 9.17) is 38.2 Å². The minimum Gasteiger partial charge on any atom is -0.494 e. The lowest BCUT2D eigenvalue weighted by molar-refractivity contribution is -0.109. The highest BCUT2D eigenvalue weighted by Gasteiger charge is 2.39. The molecule has 2 aromatic carbocycles. The van der Waals surface area contributed by atoms with Gasteiger partial charge in [-0.1, -0.05) is 50.0 Å². The highest BCUT2D eigenvalue weighted by molar-refractivity contribution is 6.30. The van der Waals surface area contributed by atoms with Crippen molar-refractivity contribution in [2.75, 3.05) is 26.3 Å². The van der Waals surface area contributed by atoms with Gasteiger partial charge in [-0.05, 0) is 61.6 Å². The van der Waals surface area contributed by atoms with E-state index >= 15 is 0 Å². The van der Waals surface area contributed by atoms with E-state index < -0.39 is 6.10 Å². The van der Waals surface area contributed by atoms with Gasteiger partial charge >= 0.3 is 0 Å². The summed E-state index contributed by atoms with van der Waals surface area (Å²) in [5.41, 5.74) is 1.24. The molecular formula is C29H40Cl2FN3O4. The Morgan fingerprint density at radius 3 is 2.46 bits per heavy atom. The number of nitriles is 1. The Bertz CT molecular complexity index is 1030. The minimum absolute atomic E-state index is 0.0584. The van der Waals surface area contributed by atoms with Crippen LogP contribution >= 0.6 is 23.2 Å². The summed E-state index contributed by atoms with van der Waals surface area (Å²) in [5.74, 6) is 0.613. The Hall–Kier alpha value is -2.41. The molecule has 1 amide bonds.